The molecule has 0 aromatic heterocycles. The van der Waals surface area contributed by atoms with Gasteiger partial charge in [0.1, 0.15) is 5.56 Å². The number of nitro groups is 1. The molecule has 7 heteroatoms. The summed E-state index contributed by atoms with van der Waals surface area (Å²) in [6, 6.07) is 4.35. The number of benzene rings is 1. The molecule has 0 fully saturated rings. The quantitative estimate of drug-likeness (QED) is 0.362. The van der Waals surface area contributed by atoms with Crippen molar-refractivity contribution in [3.63, 3.8) is 0 Å². The zero-order chi connectivity index (χ0) is 13.0. The molecule has 0 aliphatic rings. The van der Waals surface area contributed by atoms with Crippen LogP contribution >= 0.6 is 22.6 Å². The average Bonchev–Trinajstić information content (AvgIpc) is 2.27. The number of esters is 1. The normalized spacial score (nSPS) is 9.47. The van der Waals surface area contributed by atoms with E-state index in [1.807, 2.05) is 6.07 Å². The molecule has 0 saturated heterocycles. The maximum Gasteiger partial charge on any atom is 0.345 e. The van der Waals surface area contributed by atoms with Crippen LogP contribution in [0.5, 0.6) is 0 Å². The molecule has 0 aliphatic carbocycles. The summed E-state index contributed by atoms with van der Waals surface area (Å²) in [6.45, 7) is 1.71. The van der Waals surface area contributed by atoms with E-state index in [1.54, 1.807) is 29.5 Å². The third kappa shape index (κ3) is 2.91. The number of hydrogen-bond donors (Lipinski definition) is 0. The standard InChI is InChI=1S/C10H7IN2O4/c1-2-17-10(14)7-3-6(5-12)4-8(11)9(7)13(15)16/h3-4H,2H2,1H3. The first kappa shape index (κ1) is 13.4. The minimum absolute atomic E-state index is 0.114. The lowest BCUT2D eigenvalue weighted by Crippen LogP contribution is -2.09. The minimum atomic E-state index is -0.797. The van der Waals surface area contributed by atoms with E-state index in [2.05, 4.69) is 0 Å². The van der Waals surface area contributed by atoms with Gasteiger partial charge in [0, 0.05) is 0 Å². The number of halogens is 1. The molecule has 0 heterocycles. The highest BCUT2D eigenvalue weighted by molar-refractivity contribution is 14.1. The fourth-order valence-electron chi connectivity index (χ4n) is 1.21. The fourth-order valence-corrected chi connectivity index (χ4v) is 2.04. The van der Waals surface area contributed by atoms with Gasteiger partial charge in [-0.05, 0) is 41.6 Å². The van der Waals surface area contributed by atoms with E-state index in [0.717, 1.165) is 6.07 Å². The third-order valence-corrected chi connectivity index (χ3v) is 2.69. The highest BCUT2D eigenvalue weighted by atomic mass is 127. The van der Waals surface area contributed by atoms with Crippen LogP contribution in [-0.2, 0) is 4.74 Å². The lowest BCUT2D eigenvalue weighted by Gasteiger charge is -2.04. The van der Waals surface area contributed by atoms with Crippen LogP contribution in [-0.4, -0.2) is 17.5 Å². The number of ether oxygens (including phenoxy) is 1. The number of carbonyl (C=O) groups excluding carboxylic acids is 1. The van der Waals surface area contributed by atoms with Gasteiger partial charge in [0.2, 0.25) is 0 Å². The minimum Gasteiger partial charge on any atom is -0.462 e. The number of nitro benzene ring substituents is 1. The third-order valence-electron chi connectivity index (χ3n) is 1.87. The lowest BCUT2D eigenvalue weighted by molar-refractivity contribution is -0.386. The molecular formula is C10H7IN2O4. The summed E-state index contributed by atoms with van der Waals surface area (Å²) < 4.78 is 4.95. The van der Waals surface area contributed by atoms with E-state index < -0.39 is 10.9 Å². The molecule has 0 spiro atoms. The fraction of sp³-hybridized carbons (Fsp3) is 0.200. The Labute approximate surface area is 110 Å². The van der Waals surface area contributed by atoms with Gasteiger partial charge >= 0.3 is 5.97 Å². The van der Waals surface area contributed by atoms with Gasteiger partial charge in [-0.1, -0.05) is 0 Å². The highest BCUT2D eigenvalue weighted by Gasteiger charge is 2.25. The second-order valence-electron chi connectivity index (χ2n) is 2.94. The molecule has 1 aromatic carbocycles. The molecule has 0 atom stereocenters. The van der Waals surface area contributed by atoms with Crippen LogP contribution in [0.25, 0.3) is 0 Å². The van der Waals surface area contributed by atoms with Crippen molar-refractivity contribution in [3.8, 4) is 6.07 Å². The molecule has 0 aliphatic heterocycles. The largest absolute Gasteiger partial charge is 0.462 e. The molecule has 0 amide bonds. The van der Waals surface area contributed by atoms with E-state index in [0.29, 0.717) is 0 Å². The molecule has 88 valence electrons. The Morgan fingerprint density at radius 3 is 2.76 bits per heavy atom. The van der Waals surface area contributed by atoms with Crippen molar-refractivity contribution in [1.29, 1.82) is 5.26 Å². The maximum absolute atomic E-state index is 11.6. The molecule has 1 rings (SSSR count). The number of rotatable bonds is 3. The Balaban J connectivity index is 3.44. The van der Waals surface area contributed by atoms with Crippen molar-refractivity contribution in [2.24, 2.45) is 0 Å². The molecular weight excluding hydrogens is 339 g/mol. The monoisotopic (exact) mass is 346 g/mol. The molecule has 17 heavy (non-hydrogen) atoms. The topological polar surface area (TPSA) is 93.2 Å². The van der Waals surface area contributed by atoms with Gasteiger partial charge in [-0.15, -0.1) is 0 Å². The first-order valence-corrected chi connectivity index (χ1v) is 5.64. The number of nitrogens with zero attached hydrogens (tertiary/aromatic N) is 2. The van der Waals surface area contributed by atoms with Crippen LogP contribution in [0.2, 0.25) is 0 Å². The average molecular weight is 346 g/mol. The number of hydrogen-bond acceptors (Lipinski definition) is 5. The van der Waals surface area contributed by atoms with Crippen molar-refractivity contribution < 1.29 is 14.5 Å². The predicted molar refractivity (Wildman–Crippen MR) is 66.5 cm³/mol. The van der Waals surface area contributed by atoms with Crippen LogP contribution in [0.4, 0.5) is 5.69 Å². The summed E-state index contributed by atoms with van der Waals surface area (Å²) in [7, 11) is 0. The zero-order valence-corrected chi connectivity index (χ0v) is 10.9. The van der Waals surface area contributed by atoms with Crippen LogP contribution in [0.15, 0.2) is 12.1 Å². The van der Waals surface area contributed by atoms with Gasteiger partial charge in [0.15, 0.2) is 0 Å². The number of nitriles is 1. The van der Waals surface area contributed by atoms with Gasteiger partial charge in [-0.25, -0.2) is 4.79 Å². The summed E-state index contributed by atoms with van der Waals surface area (Å²) in [4.78, 5) is 21.8. The summed E-state index contributed by atoms with van der Waals surface area (Å²) in [6.07, 6.45) is 0. The summed E-state index contributed by atoms with van der Waals surface area (Å²) in [5, 5.41) is 19.6. The molecule has 0 radical (unpaired) electrons. The van der Waals surface area contributed by atoms with Crippen LogP contribution in [0.3, 0.4) is 0 Å². The molecule has 0 unspecified atom stereocenters. The Morgan fingerprint density at radius 1 is 1.65 bits per heavy atom. The van der Waals surface area contributed by atoms with Crippen molar-refractivity contribution >= 4 is 34.2 Å². The van der Waals surface area contributed by atoms with E-state index in [9.17, 15) is 14.9 Å². The summed E-state index contributed by atoms with van der Waals surface area (Å²) in [5.41, 5.74) is -0.341. The molecule has 1 aromatic rings. The van der Waals surface area contributed by atoms with E-state index >= 15 is 0 Å². The van der Waals surface area contributed by atoms with Crippen LogP contribution < -0.4 is 0 Å². The van der Waals surface area contributed by atoms with Gasteiger partial charge < -0.3 is 4.74 Å². The van der Waals surface area contributed by atoms with Crippen LogP contribution in [0.1, 0.15) is 22.8 Å². The Kier molecular flexibility index (Phi) is 4.39. The van der Waals surface area contributed by atoms with Gasteiger partial charge in [0.05, 0.1) is 26.7 Å². The first-order chi connectivity index (χ1) is 8.01. The smallest absolute Gasteiger partial charge is 0.345 e. The molecule has 0 bridgehead atoms. The first-order valence-electron chi connectivity index (χ1n) is 4.56. The van der Waals surface area contributed by atoms with Crippen LogP contribution in [0, 0.1) is 25.0 Å². The van der Waals surface area contributed by atoms with E-state index in [-0.39, 0.29) is 27.0 Å². The van der Waals surface area contributed by atoms with Crippen molar-refractivity contribution in [3.05, 3.63) is 36.9 Å². The summed E-state index contributed by atoms with van der Waals surface area (Å²) >= 11 is 1.71. The predicted octanol–water partition coefficient (Wildman–Crippen LogP) is 2.25. The highest BCUT2D eigenvalue weighted by Crippen LogP contribution is 2.27. The van der Waals surface area contributed by atoms with E-state index in [1.165, 1.54) is 6.07 Å². The Bertz CT molecular complexity index is 522. The van der Waals surface area contributed by atoms with Gasteiger partial charge in [0.25, 0.3) is 5.69 Å². The van der Waals surface area contributed by atoms with Crippen molar-refractivity contribution in [2.45, 2.75) is 6.92 Å². The second-order valence-corrected chi connectivity index (χ2v) is 4.11. The Hall–Kier alpha value is -1.69. The molecule has 6 nitrogen and oxygen atoms in total. The zero-order valence-electron chi connectivity index (χ0n) is 8.77. The second kappa shape index (κ2) is 5.58. The molecule has 0 saturated carbocycles. The maximum atomic E-state index is 11.6. The number of carbonyl (C=O) groups is 1. The Morgan fingerprint density at radius 2 is 2.29 bits per heavy atom. The van der Waals surface area contributed by atoms with Gasteiger partial charge in [-0.2, -0.15) is 5.26 Å². The summed E-state index contributed by atoms with van der Waals surface area (Å²) in [5.74, 6) is -0.797. The van der Waals surface area contributed by atoms with Crippen molar-refractivity contribution in [2.75, 3.05) is 6.61 Å². The van der Waals surface area contributed by atoms with Crippen molar-refractivity contribution in [1.82, 2.24) is 0 Å². The molecule has 0 N–H and O–H groups in total. The van der Waals surface area contributed by atoms with E-state index in [4.69, 9.17) is 10.00 Å². The lowest BCUT2D eigenvalue weighted by atomic mass is 10.1. The SMILES string of the molecule is CCOC(=O)c1cc(C#N)cc(I)c1[N+](=O)[O-]. The van der Waals surface area contributed by atoms with Gasteiger partial charge in [-0.3, -0.25) is 10.1 Å².